The van der Waals surface area contributed by atoms with Gasteiger partial charge in [-0.15, -0.1) is 0 Å². The maximum atomic E-state index is 12.7. The minimum absolute atomic E-state index is 0.134. The van der Waals surface area contributed by atoms with Crippen molar-refractivity contribution in [2.75, 3.05) is 11.9 Å². The summed E-state index contributed by atoms with van der Waals surface area (Å²) in [5.74, 6) is 5.09. The molecule has 174 valence electrons. The molecule has 1 heterocycles. The highest BCUT2D eigenvalue weighted by molar-refractivity contribution is 8.15. The van der Waals surface area contributed by atoms with Gasteiger partial charge < -0.3 is 16.9 Å². The van der Waals surface area contributed by atoms with E-state index in [1.807, 2.05) is 12.1 Å². The van der Waals surface area contributed by atoms with E-state index in [0.29, 0.717) is 43.5 Å². The molecule has 1 atom stereocenters. The van der Waals surface area contributed by atoms with Gasteiger partial charge in [0.2, 0.25) is 11.8 Å². The third kappa shape index (κ3) is 6.58. The molecule has 0 saturated carbocycles. The fourth-order valence-corrected chi connectivity index (χ4v) is 4.59. The number of imide groups is 1. The minimum Gasteiger partial charge on any atom is -0.382 e. The summed E-state index contributed by atoms with van der Waals surface area (Å²) in [6.07, 6.45) is 2.95. The number of hydrogen-bond donors (Lipinski definition) is 3. The van der Waals surface area contributed by atoms with Crippen LogP contribution in [0.2, 0.25) is 0 Å². The van der Waals surface area contributed by atoms with Crippen LogP contribution in [0, 0.1) is 0 Å². The number of carbonyl (C=O) groups excluding carboxylic acids is 3. The molecule has 5 N–H and O–H groups in total. The van der Waals surface area contributed by atoms with E-state index < -0.39 is 0 Å². The first-order chi connectivity index (χ1) is 15.9. The Labute approximate surface area is 197 Å². The lowest BCUT2D eigenvalue weighted by molar-refractivity contribution is -0.126. The SMILES string of the molecule is CCc1ccc(CC2SC(=O)N(CCCCC(=O)Nc3ccc(/C(N)=N/N)cc3)C2=O)cc1. The number of anilines is 1. The number of nitrogens with one attached hydrogen (secondary N) is 1. The highest BCUT2D eigenvalue weighted by atomic mass is 32.2. The van der Waals surface area contributed by atoms with Crippen LogP contribution in [0.1, 0.15) is 42.9 Å². The zero-order valence-electron chi connectivity index (χ0n) is 18.6. The summed E-state index contributed by atoms with van der Waals surface area (Å²) in [7, 11) is 0. The van der Waals surface area contributed by atoms with Crippen molar-refractivity contribution in [2.45, 2.75) is 44.3 Å². The zero-order valence-corrected chi connectivity index (χ0v) is 19.4. The second-order valence-corrected chi connectivity index (χ2v) is 8.99. The van der Waals surface area contributed by atoms with Crippen LogP contribution in [0.5, 0.6) is 0 Å². The van der Waals surface area contributed by atoms with E-state index in [9.17, 15) is 14.4 Å². The number of carbonyl (C=O) groups is 3. The first-order valence-corrected chi connectivity index (χ1v) is 11.8. The first-order valence-electron chi connectivity index (χ1n) is 10.9. The lowest BCUT2D eigenvalue weighted by Crippen LogP contribution is -2.33. The summed E-state index contributed by atoms with van der Waals surface area (Å²) >= 11 is 1.09. The maximum absolute atomic E-state index is 12.7. The van der Waals surface area contributed by atoms with Crippen molar-refractivity contribution in [3.8, 4) is 0 Å². The highest BCUT2D eigenvalue weighted by Gasteiger charge is 2.38. The lowest BCUT2D eigenvalue weighted by Gasteiger charge is -2.14. The Bertz CT molecular complexity index is 1020. The molecule has 1 unspecified atom stereocenters. The second kappa shape index (κ2) is 11.5. The van der Waals surface area contributed by atoms with Crippen LogP contribution in [0.3, 0.4) is 0 Å². The zero-order chi connectivity index (χ0) is 23.8. The monoisotopic (exact) mass is 467 g/mol. The quantitative estimate of drug-likeness (QED) is 0.162. The summed E-state index contributed by atoms with van der Waals surface area (Å²) in [5, 5.41) is 5.65. The van der Waals surface area contributed by atoms with Gasteiger partial charge in [-0.05, 0) is 61.1 Å². The molecule has 0 aliphatic carbocycles. The molecule has 0 spiro atoms. The molecule has 1 fully saturated rings. The molecule has 3 amide bonds. The third-order valence-electron chi connectivity index (χ3n) is 5.50. The number of amidine groups is 1. The summed E-state index contributed by atoms with van der Waals surface area (Å²) in [6, 6.07) is 15.0. The molecule has 1 aliphatic heterocycles. The van der Waals surface area contributed by atoms with E-state index in [0.717, 1.165) is 23.7 Å². The van der Waals surface area contributed by atoms with Gasteiger partial charge in [0.05, 0.1) is 5.25 Å². The summed E-state index contributed by atoms with van der Waals surface area (Å²) < 4.78 is 0. The number of hydrogen-bond acceptors (Lipinski definition) is 6. The summed E-state index contributed by atoms with van der Waals surface area (Å²) in [6.45, 7) is 2.42. The van der Waals surface area contributed by atoms with Crippen molar-refractivity contribution in [1.29, 1.82) is 0 Å². The van der Waals surface area contributed by atoms with Gasteiger partial charge >= 0.3 is 0 Å². The second-order valence-electron chi connectivity index (χ2n) is 7.83. The standard InChI is InChI=1S/C24H29N5O3S/c1-2-16-6-8-17(9-7-16)15-20-23(31)29(24(32)33-20)14-4-3-5-21(30)27-19-12-10-18(11-13-19)22(25)28-26/h6-13,20H,2-5,14-15,26H2,1H3,(H2,25,28)(H,27,30). The maximum Gasteiger partial charge on any atom is 0.289 e. The fourth-order valence-electron chi connectivity index (χ4n) is 3.53. The number of benzene rings is 2. The van der Waals surface area contributed by atoms with E-state index >= 15 is 0 Å². The number of thioether (sulfide) groups is 1. The average molecular weight is 468 g/mol. The molecule has 1 aliphatic rings. The van der Waals surface area contributed by atoms with E-state index in [1.165, 1.54) is 10.5 Å². The Balaban J connectivity index is 1.41. The molecule has 2 aromatic rings. The Morgan fingerprint density at radius 3 is 2.36 bits per heavy atom. The number of aryl methyl sites for hydroxylation is 1. The molecule has 3 rings (SSSR count). The van der Waals surface area contributed by atoms with Crippen LogP contribution >= 0.6 is 11.8 Å². The van der Waals surface area contributed by atoms with Crippen LogP contribution in [-0.2, 0) is 22.4 Å². The van der Waals surface area contributed by atoms with Crippen molar-refractivity contribution < 1.29 is 14.4 Å². The number of hydrazone groups is 1. The van der Waals surface area contributed by atoms with Crippen molar-refractivity contribution in [2.24, 2.45) is 16.7 Å². The predicted octanol–water partition coefficient (Wildman–Crippen LogP) is 3.24. The topological polar surface area (TPSA) is 131 Å². The molecule has 0 aromatic heterocycles. The lowest BCUT2D eigenvalue weighted by atomic mass is 10.1. The van der Waals surface area contributed by atoms with Gasteiger partial charge in [0.1, 0.15) is 5.84 Å². The molecule has 33 heavy (non-hydrogen) atoms. The van der Waals surface area contributed by atoms with Crippen molar-refractivity contribution in [1.82, 2.24) is 4.90 Å². The molecular weight excluding hydrogens is 438 g/mol. The van der Waals surface area contributed by atoms with E-state index in [1.54, 1.807) is 24.3 Å². The van der Waals surface area contributed by atoms with Crippen molar-refractivity contribution in [3.63, 3.8) is 0 Å². The number of nitrogens with zero attached hydrogens (tertiary/aromatic N) is 2. The normalized spacial score (nSPS) is 16.3. The predicted molar refractivity (Wildman–Crippen MR) is 132 cm³/mol. The highest BCUT2D eigenvalue weighted by Crippen LogP contribution is 2.30. The van der Waals surface area contributed by atoms with Crippen LogP contribution in [0.25, 0.3) is 0 Å². The van der Waals surface area contributed by atoms with Gasteiger partial charge in [-0.1, -0.05) is 43.0 Å². The average Bonchev–Trinajstić information content (AvgIpc) is 3.09. The molecule has 1 saturated heterocycles. The largest absolute Gasteiger partial charge is 0.382 e. The number of rotatable bonds is 10. The Morgan fingerprint density at radius 2 is 1.73 bits per heavy atom. The Hall–Kier alpha value is -3.33. The summed E-state index contributed by atoms with van der Waals surface area (Å²) in [5.41, 5.74) is 9.25. The summed E-state index contributed by atoms with van der Waals surface area (Å²) in [4.78, 5) is 38.5. The fraction of sp³-hybridized carbons (Fsp3) is 0.333. The smallest absolute Gasteiger partial charge is 0.289 e. The van der Waals surface area contributed by atoms with Crippen LogP contribution in [-0.4, -0.2) is 39.6 Å². The first kappa shape index (κ1) is 24.3. The van der Waals surface area contributed by atoms with Gasteiger partial charge in [0, 0.05) is 24.2 Å². The molecular formula is C24H29N5O3S. The van der Waals surface area contributed by atoms with Crippen LogP contribution in [0.15, 0.2) is 53.6 Å². The van der Waals surface area contributed by atoms with Gasteiger partial charge in [0.25, 0.3) is 5.24 Å². The van der Waals surface area contributed by atoms with E-state index in [2.05, 4.69) is 29.5 Å². The van der Waals surface area contributed by atoms with Crippen molar-refractivity contribution >= 4 is 40.3 Å². The van der Waals surface area contributed by atoms with E-state index in [4.69, 9.17) is 11.6 Å². The molecule has 9 heteroatoms. The Morgan fingerprint density at radius 1 is 1.06 bits per heavy atom. The third-order valence-corrected chi connectivity index (χ3v) is 6.57. The number of nitrogens with two attached hydrogens (primary N) is 2. The molecule has 2 aromatic carbocycles. The number of unbranched alkanes of at least 4 members (excludes halogenated alkanes) is 1. The molecule has 0 bridgehead atoms. The van der Waals surface area contributed by atoms with Gasteiger partial charge in [-0.2, -0.15) is 5.10 Å². The van der Waals surface area contributed by atoms with Gasteiger partial charge in [0.15, 0.2) is 0 Å². The molecule has 0 radical (unpaired) electrons. The van der Waals surface area contributed by atoms with Crippen LogP contribution in [0.4, 0.5) is 10.5 Å². The van der Waals surface area contributed by atoms with Gasteiger partial charge in [-0.3, -0.25) is 19.3 Å². The van der Waals surface area contributed by atoms with Crippen molar-refractivity contribution in [3.05, 3.63) is 65.2 Å². The Kier molecular flexibility index (Phi) is 8.48. The minimum atomic E-state index is -0.380. The van der Waals surface area contributed by atoms with Gasteiger partial charge in [-0.25, -0.2) is 0 Å². The van der Waals surface area contributed by atoms with Crippen LogP contribution < -0.4 is 16.9 Å². The van der Waals surface area contributed by atoms with E-state index in [-0.39, 0.29) is 28.1 Å². The molecule has 8 nitrogen and oxygen atoms in total. The number of amides is 3.